The van der Waals surface area contributed by atoms with E-state index in [4.69, 9.17) is 4.74 Å². The second-order valence-electron chi connectivity index (χ2n) is 5.88. The molecule has 2 aliphatic rings. The minimum Gasteiger partial charge on any atom is -0.492 e. The monoisotopic (exact) mass is 260 g/mol. The second kappa shape index (κ2) is 5.93. The van der Waals surface area contributed by atoms with Crippen molar-refractivity contribution in [3.8, 4) is 5.75 Å². The molecule has 2 aliphatic heterocycles. The number of hydrogen-bond acceptors (Lipinski definition) is 3. The molecule has 0 saturated carbocycles. The molecule has 2 heterocycles. The summed E-state index contributed by atoms with van der Waals surface area (Å²) in [4.78, 5) is 2.54. The van der Waals surface area contributed by atoms with Gasteiger partial charge in [-0.15, -0.1) is 0 Å². The Hall–Kier alpha value is -1.06. The Kier molecular flexibility index (Phi) is 4.04. The van der Waals surface area contributed by atoms with Crippen molar-refractivity contribution in [3.05, 3.63) is 29.8 Å². The third kappa shape index (κ3) is 3.28. The summed E-state index contributed by atoms with van der Waals surface area (Å²) in [6, 6.07) is 9.04. The maximum absolute atomic E-state index is 5.81. The molecule has 3 nitrogen and oxygen atoms in total. The van der Waals surface area contributed by atoms with Crippen molar-refractivity contribution in [1.82, 2.24) is 10.2 Å². The van der Waals surface area contributed by atoms with Crippen LogP contribution in [0.4, 0.5) is 0 Å². The molecule has 0 amide bonds. The first-order chi connectivity index (χ1) is 9.31. The Morgan fingerprint density at radius 3 is 2.89 bits per heavy atom. The first-order valence-corrected chi connectivity index (χ1v) is 7.46. The Bertz CT molecular complexity index is 390. The van der Waals surface area contributed by atoms with Gasteiger partial charge in [0.05, 0.1) is 0 Å². The van der Waals surface area contributed by atoms with Gasteiger partial charge in [0.15, 0.2) is 0 Å². The highest BCUT2D eigenvalue weighted by Gasteiger charge is 2.33. The smallest absolute Gasteiger partial charge is 0.119 e. The van der Waals surface area contributed by atoms with Gasteiger partial charge in [-0.25, -0.2) is 0 Å². The number of piperidine rings is 1. The topological polar surface area (TPSA) is 24.5 Å². The van der Waals surface area contributed by atoms with Crippen LogP contribution < -0.4 is 10.1 Å². The zero-order chi connectivity index (χ0) is 13.1. The van der Waals surface area contributed by atoms with E-state index in [9.17, 15) is 0 Å². The normalized spacial score (nSPS) is 27.2. The number of aryl methyl sites for hydroxylation is 1. The fourth-order valence-electron chi connectivity index (χ4n) is 3.25. The van der Waals surface area contributed by atoms with Gasteiger partial charge in [-0.1, -0.05) is 17.7 Å². The average molecular weight is 260 g/mol. The molecule has 1 N–H and O–H groups in total. The van der Waals surface area contributed by atoms with Crippen molar-refractivity contribution < 1.29 is 4.74 Å². The summed E-state index contributed by atoms with van der Waals surface area (Å²) in [5, 5.41) is 3.64. The zero-order valence-corrected chi connectivity index (χ0v) is 11.8. The fourth-order valence-corrected chi connectivity index (χ4v) is 3.25. The average Bonchev–Trinajstić information content (AvgIpc) is 2.83. The molecule has 0 radical (unpaired) electrons. The summed E-state index contributed by atoms with van der Waals surface area (Å²) in [7, 11) is 0. The minimum atomic E-state index is 0.730. The molecular formula is C16H24N2O. The number of nitrogens with zero attached hydrogens (tertiary/aromatic N) is 1. The number of benzene rings is 1. The molecule has 0 aromatic heterocycles. The van der Waals surface area contributed by atoms with Crippen LogP contribution in [0.1, 0.15) is 18.4 Å². The van der Waals surface area contributed by atoms with Crippen LogP contribution in [-0.4, -0.2) is 43.7 Å². The van der Waals surface area contributed by atoms with Crippen molar-refractivity contribution in [2.45, 2.75) is 25.8 Å². The number of rotatable bonds is 4. The molecule has 3 heteroatoms. The fraction of sp³-hybridized carbons (Fsp3) is 0.625. The summed E-state index contributed by atoms with van der Waals surface area (Å²) < 4.78 is 5.81. The van der Waals surface area contributed by atoms with Gasteiger partial charge in [-0.2, -0.15) is 0 Å². The van der Waals surface area contributed by atoms with Crippen LogP contribution in [0.5, 0.6) is 5.75 Å². The largest absolute Gasteiger partial charge is 0.492 e. The van der Waals surface area contributed by atoms with E-state index in [1.54, 1.807) is 0 Å². The van der Waals surface area contributed by atoms with Gasteiger partial charge in [0.25, 0.3) is 0 Å². The number of ether oxygens (including phenoxy) is 1. The lowest BCUT2D eigenvalue weighted by Gasteiger charge is -2.24. The summed E-state index contributed by atoms with van der Waals surface area (Å²) >= 11 is 0. The van der Waals surface area contributed by atoms with Crippen molar-refractivity contribution in [3.63, 3.8) is 0 Å². The summed E-state index contributed by atoms with van der Waals surface area (Å²) in [6.07, 6.45) is 2.74. The predicted molar refractivity (Wildman–Crippen MR) is 77.6 cm³/mol. The van der Waals surface area contributed by atoms with Crippen LogP contribution in [0.2, 0.25) is 0 Å². The van der Waals surface area contributed by atoms with Crippen LogP contribution in [-0.2, 0) is 0 Å². The Morgan fingerprint density at radius 2 is 2.11 bits per heavy atom. The number of nitrogens with one attached hydrogen (secondary N) is 1. The lowest BCUT2D eigenvalue weighted by molar-refractivity contribution is 0.232. The highest BCUT2D eigenvalue weighted by Crippen LogP contribution is 2.24. The van der Waals surface area contributed by atoms with Gasteiger partial charge >= 0.3 is 0 Å². The van der Waals surface area contributed by atoms with Crippen LogP contribution >= 0.6 is 0 Å². The number of hydrogen-bond donors (Lipinski definition) is 1. The molecule has 1 aromatic carbocycles. The van der Waals surface area contributed by atoms with E-state index in [0.717, 1.165) is 30.9 Å². The van der Waals surface area contributed by atoms with Gasteiger partial charge < -0.3 is 10.1 Å². The van der Waals surface area contributed by atoms with Crippen LogP contribution in [0.15, 0.2) is 24.3 Å². The number of likely N-dealkylation sites (tertiary alicyclic amines) is 1. The van der Waals surface area contributed by atoms with E-state index in [-0.39, 0.29) is 0 Å². The van der Waals surface area contributed by atoms with E-state index in [1.165, 1.54) is 38.0 Å². The Labute approximate surface area is 115 Å². The molecule has 0 bridgehead atoms. The maximum Gasteiger partial charge on any atom is 0.119 e. The van der Waals surface area contributed by atoms with E-state index in [0.29, 0.717) is 0 Å². The minimum absolute atomic E-state index is 0.730. The highest BCUT2D eigenvalue weighted by molar-refractivity contribution is 5.26. The third-order valence-electron chi connectivity index (χ3n) is 4.37. The molecule has 3 rings (SSSR count). The van der Waals surface area contributed by atoms with E-state index >= 15 is 0 Å². The van der Waals surface area contributed by atoms with Crippen molar-refractivity contribution in [2.24, 2.45) is 5.92 Å². The lowest BCUT2D eigenvalue weighted by Crippen LogP contribution is -2.40. The molecule has 0 spiro atoms. The first-order valence-electron chi connectivity index (χ1n) is 7.46. The molecular weight excluding hydrogens is 236 g/mol. The maximum atomic E-state index is 5.81. The third-order valence-corrected chi connectivity index (χ3v) is 4.37. The predicted octanol–water partition coefficient (Wildman–Crippen LogP) is 2.06. The van der Waals surface area contributed by atoms with Gasteiger partial charge in [0.2, 0.25) is 0 Å². The summed E-state index contributed by atoms with van der Waals surface area (Å²) in [6.45, 7) is 7.58. The van der Waals surface area contributed by atoms with Crippen LogP contribution in [0.25, 0.3) is 0 Å². The first kappa shape index (κ1) is 12.9. The van der Waals surface area contributed by atoms with Gasteiger partial charge in [-0.05, 0) is 44.4 Å². The van der Waals surface area contributed by atoms with E-state index < -0.39 is 0 Å². The molecule has 0 aliphatic carbocycles. The summed E-state index contributed by atoms with van der Waals surface area (Å²) in [5.74, 6) is 1.86. The van der Waals surface area contributed by atoms with Crippen LogP contribution in [0.3, 0.4) is 0 Å². The Balaban J connectivity index is 1.42. The molecule has 19 heavy (non-hydrogen) atoms. The quantitative estimate of drug-likeness (QED) is 0.897. The molecule has 2 unspecified atom stereocenters. The molecule has 1 aromatic rings. The Morgan fingerprint density at radius 1 is 1.26 bits per heavy atom. The molecule has 2 saturated heterocycles. The van der Waals surface area contributed by atoms with Crippen molar-refractivity contribution in [2.75, 3.05) is 32.8 Å². The molecule has 2 atom stereocenters. The van der Waals surface area contributed by atoms with Gasteiger partial charge in [-0.3, -0.25) is 4.90 Å². The van der Waals surface area contributed by atoms with Gasteiger partial charge in [0.1, 0.15) is 12.4 Å². The molecule has 104 valence electrons. The standard InChI is InChI=1S/C16H24N2O/c1-13-4-6-15(7-5-13)19-10-9-18-11-14-3-2-8-17-16(14)12-18/h4-7,14,16-17H,2-3,8-12H2,1H3. The van der Waals surface area contributed by atoms with Crippen molar-refractivity contribution >= 4 is 0 Å². The van der Waals surface area contributed by atoms with E-state index in [2.05, 4.69) is 41.4 Å². The molecule has 2 fully saturated rings. The highest BCUT2D eigenvalue weighted by atomic mass is 16.5. The summed E-state index contributed by atoms with van der Waals surface area (Å²) in [5.41, 5.74) is 1.28. The van der Waals surface area contributed by atoms with E-state index in [1.807, 2.05) is 0 Å². The van der Waals surface area contributed by atoms with Gasteiger partial charge in [0, 0.05) is 25.7 Å². The van der Waals surface area contributed by atoms with Crippen molar-refractivity contribution in [1.29, 1.82) is 0 Å². The SMILES string of the molecule is Cc1ccc(OCCN2CC3CCCNC3C2)cc1. The lowest BCUT2D eigenvalue weighted by atomic mass is 9.94. The second-order valence-corrected chi connectivity index (χ2v) is 5.88. The zero-order valence-electron chi connectivity index (χ0n) is 11.8. The van der Waals surface area contributed by atoms with Crippen LogP contribution in [0, 0.1) is 12.8 Å². The number of fused-ring (bicyclic) bond motifs is 1.